The van der Waals surface area contributed by atoms with Crippen LogP contribution < -0.4 is 5.32 Å². The number of rotatable bonds is 3. The molecule has 0 fully saturated rings. The van der Waals surface area contributed by atoms with Gasteiger partial charge in [0.05, 0.1) is 0 Å². The van der Waals surface area contributed by atoms with E-state index in [1.807, 2.05) is 31.2 Å². The highest BCUT2D eigenvalue weighted by molar-refractivity contribution is 5.51. The average Bonchev–Trinajstić information content (AvgIpc) is 2.42. The van der Waals surface area contributed by atoms with Crippen LogP contribution in [0.2, 0.25) is 0 Å². The van der Waals surface area contributed by atoms with E-state index in [2.05, 4.69) is 11.2 Å². The van der Waals surface area contributed by atoms with Gasteiger partial charge in [-0.15, -0.1) is 6.42 Å². The second-order valence-corrected chi connectivity index (χ2v) is 4.26. The molecular weight excluding hydrogens is 244 g/mol. The molecule has 0 saturated carbocycles. The summed E-state index contributed by atoms with van der Waals surface area (Å²) in [6.45, 7) is 1.87. The van der Waals surface area contributed by atoms with Gasteiger partial charge in [0.1, 0.15) is 0 Å². The highest BCUT2D eigenvalue weighted by atomic mass is 19.2. The second-order valence-electron chi connectivity index (χ2n) is 4.26. The number of anilines is 1. The van der Waals surface area contributed by atoms with Crippen LogP contribution in [0.5, 0.6) is 0 Å². The maximum Gasteiger partial charge on any atom is 0.159 e. The molecule has 2 aromatic carbocycles. The Hall–Kier alpha value is -2.34. The third-order valence-corrected chi connectivity index (χ3v) is 2.86. The van der Waals surface area contributed by atoms with Crippen molar-refractivity contribution in [1.82, 2.24) is 0 Å². The molecule has 2 aromatic rings. The van der Waals surface area contributed by atoms with Gasteiger partial charge in [-0.25, -0.2) is 8.78 Å². The molecule has 3 heteroatoms. The fraction of sp³-hybridized carbons (Fsp3) is 0.125. The van der Waals surface area contributed by atoms with Gasteiger partial charge >= 0.3 is 0 Å². The Bertz CT molecular complexity index is 629. The monoisotopic (exact) mass is 257 g/mol. The highest BCUT2D eigenvalue weighted by Crippen LogP contribution is 2.21. The van der Waals surface area contributed by atoms with E-state index >= 15 is 0 Å². The first-order valence-electron chi connectivity index (χ1n) is 5.88. The Balaban J connectivity index is 2.18. The molecule has 1 unspecified atom stereocenters. The third-order valence-electron chi connectivity index (χ3n) is 2.86. The number of halogens is 2. The smallest absolute Gasteiger partial charge is 0.159 e. The summed E-state index contributed by atoms with van der Waals surface area (Å²) in [4.78, 5) is 0. The summed E-state index contributed by atoms with van der Waals surface area (Å²) in [7, 11) is 0. The number of nitrogens with one attached hydrogen (secondary N) is 1. The molecular formula is C16H13F2N. The summed E-state index contributed by atoms with van der Waals surface area (Å²) in [6.07, 6.45) is 5.33. The molecule has 0 saturated heterocycles. The lowest BCUT2D eigenvalue weighted by atomic mass is 10.1. The SMILES string of the molecule is C#Cc1cccc(NC(C)c2ccc(F)c(F)c2)c1. The first kappa shape index (κ1) is 13.1. The van der Waals surface area contributed by atoms with Crippen molar-refractivity contribution in [2.75, 3.05) is 5.32 Å². The van der Waals surface area contributed by atoms with Gasteiger partial charge in [0.2, 0.25) is 0 Å². The van der Waals surface area contributed by atoms with Gasteiger partial charge < -0.3 is 5.32 Å². The molecule has 0 aromatic heterocycles. The minimum atomic E-state index is -0.844. The van der Waals surface area contributed by atoms with Crippen molar-refractivity contribution in [2.24, 2.45) is 0 Å². The van der Waals surface area contributed by atoms with E-state index in [0.29, 0.717) is 5.56 Å². The first-order valence-corrected chi connectivity index (χ1v) is 5.88. The van der Waals surface area contributed by atoms with Crippen LogP contribution >= 0.6 is 0 Å². The third kappa shape index (κ3) is 3.11. The van der Waals surface area contributed by atoms with E-state index in [9.17, 15) is 8.78 Å². The molecule has 96 valence electrons. The topological polar surface area (TPSA) is 12.0 Å². The largest absolute Gasteiger partial charge is 0.378 e. The molecule has 19 heavy (non-hydrogen) atoms. The maximum absolute atomic E-state index is 13.2. The van der Waals surface area contributed by atoms with Crippen LogP contribution in [0.15, 0.2) is 42.5 Å². The normalized spacial score (nSPS) is 11.7. The fourth-order valence-electron chi connectivity index (χ4n) is 1.81. The Morgan fingerprint density at radius 1 is 1.11 bits per heavy atom. The van der Waals surface area contributed by atoms with Crippen molar-refractivity contribution in [3.8, 4) is 12.3 Å². The number of hydrogen-bond acceptors (Lipinski definition) is 1. The van der Waals surface area contributed by atoms with Crippen molar-refractivity contribution >= 4 is 5.69 Å². The van der Waals surface area contributed by atoms with Crippen LogP contribution in [0.3, 0.4) is 0 Å². The summed E-state index contributed by atoms with van der Waals surface area (Å²) in [5.41, 5.74) is 2.28. The van der Waals surface area contributed by atoms with E-state index in [4.69, 9.17) is 6.42 Å². The molecule has 1 atom stereocenters. The average molecular weight is 257 g/mol. The quantitative estimate of drug-likeness (QED) is 0.816. The van der Waals surface area contributed by atoms with Crippen molar-refractivity contribution < 1.29 is 8.78 Å². The molecule has 0 radical (unpaired) electrons. The predicted octanol–water partition coefficient (Wildman–Crippen LogP) is 4.12. The zero-order valence-corrected chi connectivity index (χ0v) is 10.5. The van der Waals surface area contributed by atoms with Crippen LogP contribution in [0.4, 0.5) is 14.5 Å². The number of benzene rings is 2. The molecule has 0 aliphatic heterocycles. The van der Waals surface area contributed by atoms with Crippen LogP contribution in [0.1, 0.15) is 24.1 Å². The minimum Gasteiger partial charge on any atom is -0.378 e. The Morgan fingerprint density at radius 3 is 2.58 bits per heavy atom. The number of terminal acetylenes is 1. The first-order chi connectivity index (χ1) is 9.10. The van der Waals surface area contributed by atoms with Crippen LogP contribution in [0.25, 0.3) is 0 Å². The minimum absolute atomic E-state index is 0.150. The van der Waals surface area contributed by atoms with Gasteiger partial charge in [0.15, 0.2) is 11.6 Å². The lowest BCUT2D eigenvalue weighted by Crippen LogP contribution is -2.07. The van der Waals surface area contributed by atoms with Crippen LogP contribution in [-0.4, -0.2) is 0 Å². The lowest BCUT2D eigenvalue weighted by Gasteiger charge is -2.16. The summed E-state index contributed by atoms with van der Waals surface area (Å²) in [5.74, 6) is 0.861. The summed E-state index contributed by atoms with van der Waals surface area (Å²) < 4.78 is 26.0. The summed E-state index contributed by atoms with van der Waals surface area (Å²) in [5, 5.41) is 3.19. The van der Waals surface area contributed by atoms with Crippen molar-refractivity contribution in [3.63, 3.8) is 0 Å². The van der Waals surface area contributed by atoms with Gasteiger partial charge in [-0.1, -0.05) is 18.1 Å². The van der Waals surface area contributed by atoms with E-state index in [-0.39, 0.29) is 6.04 Å². The molecule has 0 bridgehead atoms. The van der Waals surface area contributed by atoms with Crippen LogP contribution in [-0.2, 0) is 0 Å². The lowest BCUT2D eigenvalue weighted by molar-refractivity contribution is 0.506. The van der Waals surface area contributed by atoms with E-state index in [1.165, 1.54) is 6.07 Å². The molecule has 0 aliphatic rings. The van der Waals surface area contributed by atoms with Gasteiger partial charge in [-0.3, -0.25) is 0 Å². The fourth-order valence-corrected chi connectivity index (χ4v) is 1.81. The Morgan fingerprint density at radius 2 is 1.89 bits per heavy atom. The standard InChI is InChI=1S/C16H13F2N/c1-3-12-5-4-6-14(9-12)19-11(2)13-7-8-15(17)16(18)10-13/h1,4-11,19H,2H3. The van der Waals surface area contributed by atoms with Gasteiger partial charge in [0.25, 0.3) is 0 Å². The molecule has 0 amide bonds. The molecule has 0 heterocycles. The zero-order chi connectivity index (χ0) is 13.8. The number of hydrogen-bond donors (Lipinski definition) is 1. The second kappa shape index (κ2) is 5.53. The van der Waals surface area contributed by atoms with E-state index in [0.717, 1.165) is 17.3 Å². The van der Waals surface area contributed by atoms with Crippen molar-refractivity contribution in [1.29, 1.82) is 0 Å². The molecule has 2 rings (SSSR count). The van der Waals surface area contributed by atoms with Crippen molar-refractivity contribution in [2.45, 2.75) is 13.0 Å². The van der Waals surface area contributed by atoms with Gasteiger partial charge in [-0.05, 0) is 42.8 Å². The maximum atomic E-state index is 13.2. The summed E-state index contributed by atoms with van der Waals surface area (Å²) >= 11 is 0. The summed E-state index contributed by atoms with van der Waals surface area (Å²) in [6, 6.07) is 11.1. The molecule has 0 aliphatic carbocycles. The Labute approximate surface area is 111 Å². The van der Waals surface area contributed by atoms with E-state index in [1.54, 1.807) is 6.07 Å². The highest BCUT2D eigenvalue weighted by Gasteiger charge is 2.09. The molecule has 1 N–H and O–H groups in total. The Kier molecular flexibility index (Phi) is 3.82. The van der Waals surface area contributed by atoms with Crippen molar-refractivity contribution in [3.05, 3.63) is 65.2 Å². The predicted molar refractivity (Wildman–Crippen MR) is 72.8 cm³/mol. The zero-order valence-electron chi connectivity index (χ0n) is 10.5. The van der Waals surface area contributed by atoms with E-state index < -0.39 is 11.6 Å². The van der Waals surface area contributed by atoms with Gasteiger partial charge in [-0.2, -0.15) is 0 Å². The molecule has 0 spiro atoms. The molecule has 1 nitrogen and oxygen atoms in total. The van der Waals surface area contributed by atoms with Crippen LogP contribution in [0, 0.1) is 24.0 Å². The van der Waals surface area contributed by atoms with Gasteiger partial charge in [0, 0.05) is 17.3 Å².